The third kappa shape index (κ3) is 3.95. The van der Waals surface area contributed by atoms with Crippen molar-refractivity contribution >= 4 is 17.9 Å². The summed E-state index contributed by atoms with van der Waals surface area (Å²) in [5, 5.41) is 14.5. The second-order valence-corrected chi connectivity index (χ2v) is 4.92. The van der Waals surface area contributed by atoms with Crippen LogP contribution in [0.3, 0.4) is 0 Å². The molecule has 1 aliphatic rings. The standard InChI is InChI=1S/C12H16N4O8/c1-6(17)22-5-9-8(23-7(2)18)4-10(24-9)15-12(21-3)13-11(14-15)16(19)20/h8-10H,4-5H2,1-3H3/t8-,9+,10+/m0/s1. The first kappa shape index (κ1) is 17.6. The fraction of sp³-hybridized carbons (Fsp3) is 0.667. The third-order valence-electron chi connectivity index (χ3n) is 3.16. The second-order valence-electron chi connectivity index (χ2n) is 4.92. The lowest BCUT2D eigenvalue weighted by Crippen LogP contribution is -2.31. The summed E-state index contributed by atoms with van der Waals surface area (Å²) in [7, 11) is 1.28. The smallest absolute Gasteiger partial charge is 0.463 e. The van der Waals surface area contributed by atoms with Crippen LogP contribution in [0.25, 0.3) is 0 Å². The highest BCUT2D eigenvalue weighted by atomic mass is 16.6. The van der Waals surface area contributed by atoms with Gasteiger partial charge >= 0.3 is 23.9 Å². The molecular formula is C12H16N4O8. The molecule has 3 atom stereocenters. The number of carbonyl (C=O) groups is 2. The summed E-state index contributed by atoms with van der Waals surface area (Å²) in [5.74, 6) is -1.70. The number of methoxy groups -OCH3 is 1. The number of aromatic nitrogens is 3. The lowest BCUT2D eigenvalue weighted by molar-refractivity contribution is -0.394. The first-order valence-corrected chi connectivity index (χ1v) is 6.92. The zero-order chi connectivity index (χ0) is 17.9. The van der Waals surface area contributed by atoms with Crippen LogP contribution < -0.4 is 4.74 Å². The van der Waals surface area contributed by atoms with E-state index in [2.05, 4.69) is 10.1 Å². The molecule has 2 heterocycles. The van der Waals surface area contributed by atoms with Crippen molar-refractivity contribution in [3.05, 3.63) is 10.1 Å². The molecule has 1 saturated heterocycles. The lowest BCUT2D eigenvalue weighted by atomic mass is 10.2. The summed E-state index contributed by atoms with van der Waals surface area (Å²) in [5.41, 5.74) is 0. The Morgan fingerprint density at radius 3 is 2.67 bits per heavy atom. The molecule has 1 aromatic heterocycles. The molecule has 2 rings (SSSR count). The van der Waals surface area contributed by atoms with E-state index in [0.717, 1.165) is 4.68 Å². The van der Waals surface area contributed by atoms with Crippen LogP contribution in [0, 0.1) is 10.1 Å². The van der Waals surface area contributed by atoms with Crippen LogP contribution in [-0.4, -0.2) is 57.6 Å². The van der Waals surface area contributed by atoms with E-state index in [-0.39, 0.29) is 19.0 Å². The van der Waals surface area contributed by atoms with Gasteiger partial charge in [-0.05, 0) is 9.91 Å². The van der Waals surface area contributed by atoms with Gasteiger partial charge < -0.3 is 29.1 Å². The van der Waals surface area contributed by atoms with E-state index >= 15 is 0 Å². The van der Waals surface area contributed by atoms with Gasteiger partial charge in [0.25, 0.3) is 0 Å². The molecule has 0 aliphatic carbocycles. The Kier molecular flexibility index (Phi) is 5.28. The minimum Gasteiger partial charge on any atom is -0.463 e. The van der Waals surface area contributed by atoms with Crippen molar-refractivity contribution in [3.63, 3.8) is 0 Å². The largest absolute Gasteiger partial charge is 0.494 e. The van der Waals surface area contributed by atoms with E-state index in [1.807, 2.05) is 0 Å². The predicted molar refractivity (Wildman–Crippen MR) is 73.9 cm³/mol. The van der Waals surface area contributed by atoms with Gasteiger partial charge in [0.05, 0.1) is 7.11 Å². The van der Waals surface area contributed by atoms with Crippen molar-refractivity contribution in [3.8, 4) is 6.01 Å². The van der Waals surface area contributed by atoms with Crippen molar-refractivity contribution in [1.82, 2.24) is 14.8 Å². The van der Waals surface area contributed by atoms with Crippen LogP contribution in [0.1, 0.15) is 26.5 Å². The summed E-state index contributed by atoms with van der Waals surface area (Å²) in [6.07, 6.45) is -2.14. The van der Waals surface area contributed by atoms with Gasteiger partial charge in [0, 0.05) is 25.4 Å². The second kappa shape index (κ2) is 7.21. The maximum Gasteiger partial charge on any atom is 0.494 e. The Hall–Kier alpha value is -2.76. The van der Waals surface area contributed by atoms with E-state index in [9.17, 15) is 19.7 Å². The van der Waals surface area contributed by atoms with Gasteiger partial charge in [0.1, 0.15) is 18.8 Å². The highest BCUT2D eigenvalue weighted by molar-refractivity contribution is 5.66. The van der Waals surface area contributed by atoms with Crippen LogP contribution in [0.2, 0.25) is 0 Å². The van der Waals surface area contributed by atoms with Crippen molar-refractivity contribution in [2.45, 2.75) is 38.7 Å². The molecule has 24 heavy (non-hydrogen) atoms. The number of nitrogens with zero attached hydrogens (tertiary/aromatic N) is 4. The van der Waals surface area contributed by atoms with Crippen molar-refractivity contribution in [2.75, 3.05) is 13.7 Å². The van der Waals surface area contributed by atoms with Gasteiger partial charge in [-0.15, -0.1) is 4.68 Å². The first-order valence-electron chi connectivity index (χ1n) is 6.92. The maximum absolute atomic E-state index is 11.2. The average Bonchev–Trinajstić information content (AvgIpc) is 3.08. The molecule has 0 saturated carbocycles. The van der Waals surface area contributed by atoms with Crippen LogP contribution in [0.15, 0.2) is 0 Å². The van der Waals surface area contributed by atoms with Gasteiger partial charge in [0.2, 0.25) is 0 Å². The summed E-state index contributed by atoms with van der Waals surface area (Å²) in [6.45, 7) is 2.33. The number of hydrogen-bond donors (Lipinski definition) is 0. The highest BCUT2D eigenvalue weighted by Gasteiger charge is 2.43. The Labute approximate surface area is 135 Å². The van der Waals surface area contributed by atoms with Gasteiger partial charge in [0.15, 0.2) is 6.23 Å². The Morgan fingerprint density at radius 1 is 1.42 bits per heavy atom. The van der Waals surface area contributed by atoms with Crippen molar-refractivity contribution in [1.29, 1.82) is 0 Å². The summed E-state index contributed by atoms with van der Waals surface area (Å²) in [4.78, 5) is 35.8. The van der Waals surface area contributed by atoms with Gasteiger partial charge in [-0.25, -0.2) is 0 Å². The Balaban J connectivity index is 2.20. The molecule has 0 spiro atoms. The molecule has 132 valence electrons. The van der Waals surface area contributed by atoms with Crippen LogP contribution in [-0.2, 0) is 23.8 Å². The monoisotopic (exact) mass is 344 g/mol. The number of ether oxygens (including phenoxy) is 4. The third-order valence-corrected chi connectivity index (χ3v) is 3.16. The average molecular weight is 344 g/mol. The lowest BCUT2D eigenvalue weighted by Gasteiger charge is -2.17. The van der Waals surface area contributed by atoms with Crippen LogP contribution in [0.4, 0.5) is 5.95 Å². The summed E-state index contributed by atoms with van der Waals surface area (Å²) >= 11 is 0. The van der Waals surface area contributed by atoms with Crippen LogP contribution >= 0.6 is 0 Å². The van der Waals surface area contributed by atoms with E-state index in [1.165, 1.54) is 21.0 Å². The van der Waals surface area contributed by atoms with Gasteiger partial charge in [-0.1, -0.05) is 0 Å². The molecule has 0 N–H and O–H groups in total. The van der Waals surface area contributed by atoms with Gasteiger partial charge in [-0.2, -0.15) is 0 Å². The maximum atomic E-state index is 11.2. The zero-order valence-electron chi connectivity index (χ0n) is 13.2. The van der Waals surface area contributed by atoms with E-state index in [4.69, 9.17) is 18.9 Å². The van der Waals surface area contributed by atoms with E-state index < -0.39 is 41.2 Å². The quantitative estimate of drug-likeness (QED) is 0.392. The first-order chi connectivity index (χ1) is 11.3. The molecule has 0 unspecified atom stereocenters. The fourth-order valence-electron chi connectivity index (χ4n) is 2.24. The molecule has 1 aliphatic heterocycles. The number of hydrogen-bond acceptors (Lipinski definition) is 10. The van der Waals surface area contributed by atoms with Crippen molar-refractivity contribution in [2.24, 2.45) is 0 Å². The number of carbonyl (C=O) groups excluding carboxylic acids is 2. The van der Waals surface area contributed by atoms with Crippen molar-refractivity contribution < 1.29 is 33.5 Å². The molecule has 12 heteroatoms. The zero-order valence-corrected chi connectivity index (χ0v) is 13.2. The van der Waals surface area contributed by atoms with E-state index in [0.29, 0.717) is 0 Å². The molecule has 1 aromatic rings. The number of nitro groups is 1. The van der Waals surface area contributed by atoms with Gasteiger partial charge in [-0.3, -0.25) is 9.59 Å². The number of rotatable bonds is 6. The summed E-state index contributed by atoms with van der Waals surface area (Å²) in [6, 6.07) is -0.124. The van der Waals surface area contributed by atoms with Crippen LogP contribution in [0.5, 0.6) is 6.01 Å². The predicted octanol–water partition coefficient (Wildman–Crippen LogP) is -0.0228. The molecule has 0 bridgehead atoms. The molecular weight excluding hydrogens is 328 g/mol. The Bertz CT molecular complexity index is 645. The molecule has 12 nitrogen and oxygen atoms in total. The van der Waals surface area contributed by atoms with E-state index in [1.54, 1.807) is 0 Å². The molecule has 1 fully saturated rings. The topological polar surface area (TPSA) is 145 Å². The number of esters is 2. The normalized spacial score (nSPS) is 22.9. The highest BCUT2D eigenvalue weighted by Crippen LogP contribution is 2.33. The molecule has 0 radical (unpaired) electrons. The Morgan fingerprint density at radius 2 is 2.12 bits per heavy atom. The minimum atomic E-state index is -0.828. The minimum absolute atomic E-state index is 0.124. The fourth-order valence-corrected chi connectivity index (χ4v) is 2.24. The SMILES string of the molecule is COc1nc([N+](=O)[O-])nn1[C@H]1C[C@H](OC(C)=O)[C@@H](COC(C)=O)O1. The summed E-state index contributed by atoms with van der Waals surface area (Å²) < 4.78 is 21.7. The molecule has 0 amide bonds. The molecule has 0 aromatic carbocycles.